The highest BCUT2D eigenvalue weighted by molar-refractivity contribution is 7.89. The second kappa shape index (κ2) is 5.98. The Morgan fingerprint density at radius 3 is 2.70 bits per heavy atom. The number of sulfonamides is 1. The Kier molecular flexibility index (Phi) is 4.31. The van der Waals surface area contributed by atoms with E-state index in [-0.39, 0.29) is 17.3 Å². The molecule has 0 atom stereocenters. The number of aromatic nitrogens is 1. The lowest BCUT2D eigenvalue weighted by Gasteiger charge is -2.08. The fourth-order valence-electron chi connectivity index (χ4n) is 1.60. The van der Waals surface area contributed by atoms with E-state index in [4.69, 9.17) is 9.88 Å². The van der Waals surface area contributed by atoms with Crippen LogP contribution in [-0.2, 0) is 16.4 Å². The molecule has 2 N–H and O–H groups in total. The SMILES string of the molecule is NS(=O)(=O)c1ccc(OCCc2cccnc2)c(F)c1. The first kappa shape index (κ1) is 14.4. The Labute approximate surface area is 116 Å². The average Bonchev–Trinajstić information content (AvgIpc) is 2.40. The minimum absolute atomic E-state index is 0.0127. The number of nitrogens with zero attached hydrogens (tertiary/aromatic N) is 1. The summed E-state index contributed by atoms with van der Waals surface area (Å²) in [5, 5.41) is 4.91. The van der Waals surface area contributed by atoms with Crippen LogP contribution in [0, 0.1) is 5.82 Å². The summed E-state index contributed by atoms with van der Waals surface area (Å²) >= 11 is 0. The van der Waals surface area contributed by atoms with E-state index in [0.717, 1.165) is 11.6 Å². The van der Waals surface area contributed by atoms with Crippen LogP contribution >= 0.6 is 0 Å². The molecule has 0 radical (unpaired) electrons. The van der Waals surface area contributed by atoms with Crippen molar-refractivity contribution in [2.75, 3.05) is 6.61 Å². The van der Waals surface area contributed by atoms with Gasteiger partial charge in [0, 0.05) is 18.8 Å². The standard InChI is InChI=1S/C13H13FN2O3S/c14-12-8-11(20(15,17)18)3-4-13(12)19-7-5-10-2-1-6-16-9-10/h1-4,6,8-9H,5,7H2,(H2,15,17,18). The Balaban J connectivity index is 2.00. The number of hydrogen-bond acceptors (Lipinski definition) is 4. The zero-order chi connectivity index (χ0) is 14.6. The van der Waals surface area contributed by atoms with Crippen LogP contribution in [0.15, 0.2) is 47.6 Å². The second-order valence-electron chi connectivity index (χ2n) is 4.10. The topological polar surface area (TPSA) is 82.3 Å². The van der Waals surface area contributed by atoms with Crippen molar-refractivity contribution in [1.29, 1.82) is 0 Å². The summed E-state index contributed by atoms with van der Waals surface area (Å²) in [5.74, 6) is -0.774. The van der Waals surface area contributed by atoms with E-state index in [1.807, 2.05) is 6.07 Å². The predicted octanol–water partition coefficient (Wildman–Crippen LogP) is 1.49. The molecule has 0 bridgehead atoms. The second-order valence-corrected chi connectivity index (χ2v) is 5.66. The molecule has 0 unspecified atom stereocenters. The molecule has 0 saturated heterocycles. The van der Waals surface area contributed by atoms with Crippen molar-refractivity contribution in [3.63, 3.8) is 0 Å². The number of hydrogen-bond donors (Lipinski definition) is 1. The molecule has 0 saturated carbocycles. The summed E-state index contributed by atoms with van der Waals surface area (Å²) in [6.07, 6.45) is 3.93. The largest absolute Gasteiger partial charge is 0.490 e. The molecule has 2 aromatic rings. The number of primary sulfonamides is 1. The zero-order valence-corrected chi connectivity index (χ0v) is 11.3. The van der Waals surface area contributed by atoms with Crippen molar-refractivity contribution in [1.82, 2.24) is 4.98 Å². The molecule has 0 aliphatic carbocycles. The molecular weight excluding hydrogens is 283 g/mol. The monoisotopic (exact) mass is 296 g/mol. The zero-order valence-electron chi connectivity index (χ0n) is 10.5. The third-order valence-electron chi connectivity index (χ3n) is 2.60. The normalized spacial score (nSPS) is 11.3. The van der Waals surface area contributed by atoms with Crippen LogP contribution < -0.4 is 9.88 Å². The van der Waals surface area contributed by atoms with Gasteiger partial charge in [-0.15, -0.1) is 0 Å². The summed E-state index contributed by atoms with van der Waals surface area (Å²) in [7, 11) is -3.91. The molecule has 7 heteroatoms. The summed E-state index contributed by atoms with van der Waals surface area (Å²) in [6, 6.07) is 6.98. The van der Waals surface area contributed by atoms with Gasteiger partial charge in [-0.3, -0.25) is 4.98 Å². The van der Waals surface area contributed by atoms with Crippen LogP contribution in [0.2, 0.25) is 0 Å². The first-order chi connectivity index (χ1) is 9.47. The number of nitrogens with two attached hydrogens (primary N) is 1. The van der Waals surface area contributed by atoms with E-state index in [0.29, 0.717) is 6.42 Å². The summed E-state index contributed by atoms with van der Waals surface area (Å²) in [4.78, 5) is 3.67. The van der Waals surface area contributed by atoms with Gasteiger partial charge in [-0.25, -0.2) is 17.9 Å². The molecule has 0 fully saturated rings. The lowest BCUT2D eigenvalue weighted by molar-refractivity contribution is 0.304. The maximum atomic E-state index is 13.6. The van der Waals surface area contributed by atoms with Crippen LogP contribution in [0.5, 0.6) is 5.75 Å². The van der Waals surface area contributed by atoms with Crippen LogP contribution in [0.4, 0.5) is 4.39 Å². The van der Waals surface area contributed by atoms with Crippen molar-refractivity contribution >= 4 is 10.0 Å². The van der Waals surface area contributed by atoms with Crippen LogP contribution in [-0.4, -0.2) is 20.0 Å². The molecule has 1 aromatic carbocycles. The quantitative estimate of drug-likeness (QED) is 0.906. The molecule has 5 nitrogen and oxygen atoms in total. The van der Waals surface area contributed by atoms with Crippen molar-refractivity contribution in [2.45, 2.75) is 11.3 Å². The van der Waals surface area contributed by atoms with Gasteiger partial charge in [-0.2, -0.15) is 0 Å². The molecule has 0 spiro atoms. The third kappa shape index (κ3) is 3.75. The van der Waals surface area contributed by atoms with E-state index >= 15 is 0 Å². The lowest BCUT2D eigenvalue weighted by Crippen LogP contribution is -2.12. The molecule has 0 aliphatic heterocycles. The highest BCUT2D eigenvalue weighted by atomic mass is 32.2. The highest BCUT2D eigenvalue weighted by Crippen LogP contribution is 2.20. The van der Waals surface area contributed by atoms with E-state index in [2.05, 4.69) is 4.98 Å². The first-order valence-corrected chi connectivity index (χ1v) is 7.35. The fourth-order valence-corrected chi connectivity index (χ4v) is 2.13. The Morgan fingerprint density at radius 2 is 2.10 bits per heavy atom. The maximum Gasteiger partial charge on any atom is 0.238 e. The molecule has 2 rings (SSSR count). The Morgan fingerprint density at radius 1 is 1.30 bits per heavy atom. The molecule has 1 heterocycles. The van der Waals surface area contributed by atoms with Crippen molar-refractivity contribution in [3.05, 3.63) is 54.1 Å². The van der Waals surface area contributed by atoms with Gasteiger partial charge < -0.3 is 4.74 Å². The van der Waals surface area contributed by atoms with Crippen LogP contribution in [0.1, 0.15) is 5.56 Å². The molecule has 0 aliphatic rings. The van der Waals surface area contributed by atoms with Crippen LogP contribution in [0.3, 0.4) is 0 Å². The summed E-state index contributed by atoms with van der Waals surface area (Å²) in [6.45, 7) is 0.261. The smallest absolute Gasteiger partial charge is 0.238 e. The average molecular weight is 296 g/mol. The van der Waals surface area contributed by atoms with Gasteiger partial charge >= 0.3 is 0 Å². The molecule has 1 aromatic heterocycles. The van der Waals surface area contributed by atoms with Crippen molar-refractivity contribution in [2.24, 2.45) is 5.14 Å². The van der Waals surface area contributed by atoms with Gasteiger partial charge in [0.1, 0.15) is 0 Å². The number of ether oxygens (including phenoxy) is 1. The molecule has 106 valence electrons. The van der Waals surface area contributed by atoms with Gasteiger partial charge in [-0.05, 0) is 29.8 Å². The molecule has 20 heavy (non-hydrogen) atoms. The van der Waals surface area contributed by atoms with Gasteiger partial charge in [0.25, 0.3) is 0 Å². The Bertz CT molecular complexity index is 690. The van der Waals surface area contributed by atoms with E-state index in [1.54, 1.807) is 18.5 Å². The predicted molar refractivity (Wildman–Crippen MR) is 71.2 cm³/mol. The molecule has 0 amide bonds. The van der Waals surface area contributed by atoms with E-state index < -0.39 is 15.8 Å². The van der Waals surface area contributed by atoms with Gasteiger partial charge in [0.05, 0.1) is 11.5 Å². The number of benzene rings is 1. The summed E-state index contributed by atoms with van der Waals surface area (Å²) < 4.78 is 41.0. The number of halogens is 1. The van der Waals surface area contributed by atoms with Crippen molar-refractivity contribution in [3.8, 4) is 5.75 Å². The number of rotatable bonds is 5. The maximum absolute atomic E-state index is 13.6. The fraction of sp³-hybridized carbons (Fsp3) is 0.154. The first-order valence-electron chi connectivity index (χ1n) is 5.81. The third-order valence-corrected chi connectivity index (χ3v) is 3.51. The van der Waals surface area contributed by atoms with Gasteiger partial charge in [0.15, 0.2) is 11.6 Å². The van der Waals surface area contributed by atoms with E-state index in [1.165, 1.54) is 12.1 Å². The van der Waals surface area contributed by atoms with E-state index in [9.17, 15) is 12.8 Å². The van der Waals surface area contributed by atoms with Gasteiger partial charge in [-0.1, -0.05) is 6.07 Å². The minimum atomic E-state index is -3.91. The minimum Gasteiger partial charge on any atom is -0.490 e. The number of pyridine rings is 1. The van der Waals surface area contributed by atoms with Crippen molar-refractivity contribution < 1.29 is 17.5 Å². The lowest BCUT2D eigenvalue weighted by atomic mass is 10.2. The Hall–Kier alpha value is -1.99. The van der Waals surface area contributed by atoms with Gasteiger partial charge in [0.2, 0.25) is 10.0 Å². The van der Waals surface area contributed by atoms with Crippen LogP contribution in [0.25, 0.3) is 0 Å². The summed E-state index contributed by atoms with van der Waals surface area (Å²) in [5.41, 5.74) is 0.967. The highest BCUT2D eigenvalue weighted by Gasteiger charge is 2.12. The molecular formula is C13H13FN2O3S.